The Kier molecular flexibility index (Phi) is 7.58. The van der Waals surface area contributed by atoms with Crippen LogP contribution in [0.25, 0.3) is 0 Å². The Morgan fingerprint density at radius 2 is 2.00 bits per heavy atom. The van der Waals surface area contributed by atoms with E-state index in [1.54, 1.807) is 17.7 Å². The molecule has 0 atom stereocenters. The molecule has 2 aromatic carbocycles. The van der Waals surface area contributed by atoms with Crippen LogP contribution in [0.1, 0.15) is 28.0 Å². The monoisotopic (exact) mass is 495 g/mol. The molecule has 1 N–H and O–H groups in total. The highest BCUT2D eigenvalue weighted by Crippen LogP contribution is 2.25. The van der Waals surface area contributed by atoms with E-state index in [1.165, 1.54) is 0 Å². The fourth-order valence-corrected chi connectivity index (χ4v) is 3.51. The van der Waals surface area contributed by atoms with Gasteiger partial charge in [0.25, 0.3) is 5.91 Å². The van der Waals surface area contributed by atoms with Crippen LogP contribution in [-0.4, -0.2) is 22.2 Å². The molecule has 8 heteroatoms. The summed E-state index contributed by atoms with van der Waals surface area (Å²) in [5.41, 5.74) is 2.21. The molecule has 152 valence electrons. The third-order valence-electron chi connectivity index (χ3n) is 4.22. The number of ether oxygens (including phenoxy) is 1. The zero-order valence-corrected chi connectivity index (χ0v) is 18.9. The number of rotatable bonds is 8. The Bertz CT molecular complexity index is 1010. The third-order valence-corrected chi connectivity index (χ3v) is 5.65. The fourth-order valence-electron chi connectivity index (χ4n) is 2.74. The Labute approximate surface area is 188 Å². The number of aryl methyl sites for hydroxylation is 2. The van der Waals surface area contributed by atoms with E-state index in [4.69, 9.17) is 27.9 Å². The maximum atomic E-state index is 12.4. The van der Waals surface area contributed by atoms with Gasteiger partial charge in [0.15, 0.2) is 0 Å². The Morgan fingerprint density at radius 1 is 1.21 bits per heavy atom. The van der Waals surface area contributed by atoms with Gasteiger partial charge in [-0.1, -0.05) is 57.3 Å². The van der Waals surface area contributed by atoms with Gasteiger partial charge >= 0.3 is 0 Å². The first-order valence-corrected chi connectivity index (χ1v) is 10.6. The average Bonchev–Trinajstić information content (AvgIpc) is 2.96. The number of amides is 1. The number of nitrogens with one attached hydrogen (secondary N) is 1. The van der Waals surface area contributed by atoms with Gasteiger partial charge in [0.1, 0.15) is 22.5 Å². The lowest BCUT2D eigenvalue weighted by atomic mass is 10.1. The molecule has 0 bridgehead atoms. The SMILES string of the molecule is Cc1nn(CCCNC(=O)c2cccc(COc3cccc(Br)c3)c2)c(Cl)c1Cl. The number of nitrogens with zero attached hydrogens (tertiary/aromatic N) is 2. The lowest BCUT2D eigenvalue weighted by Crippen LogP contribution is -2.25. The normalized spacial score (nSPS) is 10.8. The van der Waals surface area contributed by atoms with Crippen molar-refractivity contribution in [2.24, 2.45) is 0 Å². The van der Waals surface area contributed by atoms with Crippen LogP contribution in [0.5, 0.6) is 5.75 Å². The molecular formula is C21H20BrCl2N3O2. The fraction of sp³-hybridized carbons (Fsp3) is 0.238. The van der Waals surface area contributed by atoms with E-state index >= 15 is 0 Å². The summed E-state index contributed by atoms with van der Waals surface area (Å²) in [4.78, 5) is 12.4. The largest absolute Gasteiger partial charge is 0.489 e. The molecule has 0 aliphatic carbocycles. The molecule has 0 fully saturated rings. The molecule has 5 nitrogen and oxygen atoms in total. The molecule has 3 aromatic rings. The van der Waals surface area contributed by atoms with Crippen molar-refractivity contribution >= 4 is 45.0 Å². The lowest BCUT2D eigenvalue weighted by molar-refractivity contribution is 0.0952. The summed E-state index contributed by atoms with van der Waals surface area (Å²) in [5, 5.41) is 8.08. The number of halogens is 3. The standard InChI is InChI=1S/C21H20BrCl2N3O2/c1-14-19(23)20(24)27(26-14)10-4-9-25-21(28)16-6-2-5-15(11-16)13-29-18-8-3-7-17(22)12-18/h2-3,5-8,11-12H,4,9-10,13H2,1H3,(H,25,28). The number of hydrogen-bond acceptors (Lipinski definition) is 3. The minimum atomic E-state index is -0.130. The molecule has 3 rings (SSSR count). The van der Waals surface area contributed by atoms with E-state index in [2.05, 4.69) is 26.3 Å². The van der Waals surface area contributed by atoms with Crippen molar-refractivity contribution in [1.82, 2.24) is 15.1 Å². The first kappa shape index (κ1) is 21.7. The maximum Gasteiger partial charge on any atom is 0.251 e. The summed E-state index contributed by atoms with van der Waals surface area (Å²) in [6.45, 7) is 3.27. The minimum Gasteiger partial charge on any atom is -0.489 e. The number of carbonyl (C=O) groups is 1. The molecule has 0 saturated heterocycles. The van der Waals surface area contributed by atoms with E-state index < -0.39 is 0 Å². The van der Waals surface area contributed by atoms with Crippen LogP contribution in [0.2, 0.25) is 10.2 Å². The van der Waals surface area contributed by atoms with Crippen LogP contribution in [0.3, 0.4) is 0 Å². The van der Waals surface area contributed by atoms with Crippen LogP contribution >= 0.6 is 39.1 Å². The zero-order valence-electron chi connectivity index (χ0n) is 15.8. The van der Waals surface area contributed by atoms with Crippen LogP contribution in [0.15, 0.2) is 53.0 Å². The highest BCUT2D eigenvalue weighted by Gasteiger charge is 2.11. The lowest BCUT2D eigenvalue weighted by Gasteiger charge is -2.09. The highest BCUT2D eigenvalue weighted by atomic mass is 79.9. The van der Waals surface area contributed by atoms with Crippen molar-refractivity contribution < 1.29 is 9.53 Å². The van der Waals surface area contributed by atoms with Gasteiger partial charge in [-0.2, -0.15) is 5.10 Å². The molecule has 0 aliphatic heterocycles. The van der Waals surface area contributed by atoms with Gasteiger partial charge in [0, 0.05) is 23.1 Å². The Hall–Kier alpha value is -2.02. The molecule has 29 heavy (non-hydrogen) atoms. The van der Waals surface area contributed by atoms with Gasteiger partial charge in [-0.3, -0.25) is 9.48 Å². The Balaban J connectivity index is 1.49. The van der Waals surface area contributed by atoms with Crippen molar-refractivity contribution in [2.45, 2.75) is 26.5 Å². The van der Waals surface area contributed by atoms with E-state index in [9.17, 15) is 4.79 Å². The van der Waals surface area contributed by atoms with E-state index in [1.807, 2.05) is 42.5 Å². The second kappa shape index (κ2) is 10.1. The van der Waals surface area contributed by atoms with Gasteiger partial charge < -0.3 is 10.1 Å². The van der Waals surface area contributed by atoms with Gasteiger partial charge in [-0.15, -0.1) is 0 Å². The smallest absolute Gasteiger partial charge is 0.251 e. The summed E-state index contributed by atoms with van der Waals surface area (Å²) in [6.07, 6.45) is 0.689. The summed E-state index contributed by atoms with van der Waals surface area (Å²) < 4.78 is 8.38. The van der Waals surface area contributed by atoms with Gasteiger partial charge in [-0.25, -0.2) is 0 Å². The third kappa shape index (κ3) is 5.98. The van der Waals surface area contributed by atoms with Crippen molar-refractivity contribution in [3.8, 4) is 5.75 Å². The van der Waals surface area contributed by atoms with Crippen LogP contribution in [-0.2, 0) is 13.2 Å². The van der Waals surface area contributed by atoms with Crippen LogP contribution in [0.4, 0.5) is 0 Å². The molecular weight excluding hydrogens is 477 g/mol. The van der Waals surface area contributed by atoms with Gasteiger partial charge in [0.2, 0.25) is 0 Å². The Morgan fingerprint density at radius 3 is 2.72 bits per heavy atom. The van der Waals surface area contributed by atoms with Gasteiger partial charge in [0.05, 0.1) is 5.69 Å². The number of benzene rings is 2. The molecule has 0 unspecified atom stereocenters. The van der Waals surface area contributed by atoms with Crippen molar-refractivity contribution in [1.29, 1.82) is 0 Å². The number of hydrogen-bond donors (Lipinski definition) is 1. The molecule has 0 radical (unpaired) electrons. The predicted molar refractivity (Wildman–Crippen MR) is 119 cm³/mol. The second-order valence-corrected chi connectivity index (χ2v) is 8.12. The highest BCUT2D eigenvalue weighted by molar-refractivity contribution is 9.10. The molecule has 1 amide bonds. The van der Waals surface area contributed by atoms with Crippen LogP contribution in [0, 0.1) is 6.92 Å². The average molecular weight is 497 g/mol. The number of aromatic nitrogens is 2. The quantitative estimate of drug-likeness (QED) is 0.409. The van der Waals surface area contributed by atoms with E-state index in [0.717, 1.165) is 15.8 Å². The molecule has 0 spiro atoms. The van der Waals surface area contributed by atoms with Crippen LogP contribution < -0.4 is 10.1 Å². The summed E-state index contributed by atoms with van der Waals surface area (Å²) >= 11 is 15.6. The summed E-state index contributed by atoms with van der Waals surface area (Å²) in [7, 11) is 0. The second-order valence-electron chi connectivity index (χ2n) is 6.47. The molecule has 0 saturated carbocycles. The molecule has 0 aliphatic rings. The summed E-state index contributed by atoms with van der Waals surface area (Å²) in [5.74, 6) is 0.636. The van der Waals surface area contributed by atoms with Crippen molar-refractivity contribution in [3.63, 3.8) is 0 Å². The first-order chi connectivity index (χ1) is 13.9. The van der Waals surface area contributed by atoms with Crippen molar-refractivity contribution in [3.05, 3.63) is 80.0 Å². The van der Waals surface area contributed by atoms with Crippen molar-refractivity contribution in [2.75, 3.05) is 6.54 Å². The summed E-state index contributed by atoms with van der Waals surface area (Å²) in [6, 6.07) is 15.0. The molecule has 1 heterocycles. The topological polar surface area (TPSA) is 56.2 Å². The first-order valence-electron chi connectivity index (χ1n) is 9.08. The number of carbonyl (C=O) groups excluding carboxylic acids is 1. The minimum absolute atomic E-state index is 0.130. The van der Waals surface area contributed by atoms with E-state index in [0.29, 0.717) is 47.6 Å². The van der Waals surface area contributed by atoms with Gasteiger partial charge in [-0.05, 0) is 49.2 Å². The zero-order chi connectivity index (χ0) is 20.8. The predicted octanol–water partition coefficient (Wildman–Crippen LogP) is 5.66. The van der Waals surface area contributed by atoms with E-state index in [-0.39, 0.29) is 5.91 Å². The maximum absolute atomic E-state index is 12.4. The molecule has 1 aromatic heterocycles.